The van der Waals surface area contributed by atoms with E-state index in [1.807, 2.05) is 16.7 Å². The molecule has 0 bridgehead atoms. The van der Waals surface area contributed by atoms with Gasteiger partial charge in [0.25, 0.3) is 5.92 Å². The molecule has 0 spiro atoms. The van der Waals surface area contributed by atoms with Crippen LogP contribution in [0.2, 0.25) is 16.6 Å². The van der Waals surface area contributed by atoms with Crippen LogP contribution in [0.5, 0.6) is 11.8 Å². The number of phenolic OH excluding ortho intramolecular Hbond substituents is 1. The minimum Gasteiger partial charge on any atom is -0.508 e. The van der Waals surface area contributed by atoms with Crippen molar-refractivity contribution in [1.82, 2.24) is 19.9 Å². The van der Waals surface area contributed by atoms with E-state index in [0.29, 0.717) is 45.1 Å². The summed E-state index contributed by atoms with van der Waals surface area (Å²) in [6.45, 7) is 17.2. The molecule has 0 unspecified atom stereocenters. The predicted octanol–water partition coefficient (Wildman–Crippen LogP) is 9.11. The fourth-order valence-corrected chi connectivity index (χ4v) is 13.8. The summed E-state index contributed by atoms with van der Waals surface area (Å²) in [5, 5.41) is 12.1. The van der Waals surface area contributed by atoms with Crippen molar-refractivity contribution in [3.63, 3.8) is 0 Å². The van der Waals surface area contributed by atoms with E-state index in [1.54, 1.807) is 6.07 Å². The number of hydrogen-bond acceptors (Lipinski definition) is 7. The van der Waals surface area contributed by atoms with Crippen LogP contribution in [0, 0.1) is 28.5 Å². The molecule has 1 N–H and O–H groups in total. The Morgan fingerprint density at radius 2 is 1.71 bits per heavy atom. The number of hydrogen-bond donors (Lipinski definition) is 1. The van der Waals surface area contributed by atoms with Crippen LogP contribution in [0.1, 0.15) is 73.3 Å². The van der Waals surface area contributed by atoms with E-state index in [2.05, 4.69) is 63.0 Å². The third-order valence-electron chi connectivity index (χ3n) is 12.0. The van der Waals surface area contributed by atoms with Crippen molar-refractivity contribution >= 4 is 35.6 Å². The number of aromatic nitrogens is 3. The Kier molecular flexibility index (Phi) is 9.22. The Labute approximate surface area is 303 Å². The first-order chi connectivity index (χ1) is 24.6. The van der Waals surface area contributed by atoms with Gasteiger partial charge in [0.05, 0.1) is 16.4 Å². The Hall–Kier alpha value is -3.95. The average Bonchev–Trinajstić information content (AvgIpc) is 3.61. The summed E-state index contributed by atoms with van der Waals surface area (Å²) in [6, 6.07) is 5.66. The van der Waals surface area contributed by atoms with E-state index < -0.39 is 31.0 Å². The fraction of sp³-hybridized carbons (Fsp3) is 0.525. The SMILES string of the molecule is CC(C)[Si](C#Cc1c(F)ccc2cc(O)cc(-c3nc(N4CC[C@@H]4C)c4cnc(OC[C@]5(CN6CCC6)CC5(F)F)nc4c3F)c12)(C(C)C)C(C)C. The van der Waals surface area contributed by atoms with Gasteiger partial charge in [0.1, 0.15) is 43.3 Å². The molecular weight excluding hydrogens is 687 g/mol. The molecule has 3 fully saturated rings. The molecule has 52 heavy (non-hydrogen) atoms. The van der Waals surface area contributed by atoms with Crippen molar-refractivity contribution in [3.05, 3.63) is 47.7 Å². The van der Waals surface area contributed by atoms with E-state index >= 15 is 8.78 Å². The van der Waals surface area contributed by atoms with E-state index in [4.69, 9.17) is 9.72 Å². The van der Waals surface area contributed by atoms with Crippen molar-refractivity contribution in [1.29, 1.82) is 0 Å². The third kappa shape index (κ3) is 5.98. The van der Waals surface area contributed by atoms with Gasteiger partial charge in [0, 0.05) is 42.7 Å². The zero-order chi connectivity index (χ0) is 37.3. The maximum Gasteiger partial charge on any atom is 0.317 e. The zero-order valence-corrected chi connectivity index (χ0v) is 32.0. The number of fused-ring (bicyclic) bond motifs is 2. The molecule has 0 radical (unpaired) electrons. The first-order valence-corrected chi connectivity index (χ1v) is 20.7. The standard InChI is InChI=1S/C40H47F4N5O2Si/c1-23(2)52(24(3)4,25(5)6)16-12-29-32(41)10-9-27-17-28(50)18-30(33(27)29)35-34(42)36-31(37(46-35)49-15-11-26(49)7)19-45-38(47-36)51-22-39(20-40(39,43)44)21-48-13-8-14-48/h9-10,17-19,23-26,50H,8,11,13-15,20-22H2,1-7H3/t26-,39+/m0/s1. The summed E-state index contributed by atoms with van der Waals surface area (Å²) in [6.07, 6.45) is 3.02. The van der Waals surface area contributed by atoms with E-state index in [-0.39, 0.29) is 59.7 Å². The van der Waals surface area contributed by atoms with E-state index in [0.717, 1.165) is 25.9 Å². The highest BCUT2D eigenvalue weighted by Gasteiger charge is 2.72. The second-order valence-corrected chi connectivity index (χ2v) is 21.7. The van der Waals surface area contributed by atoms with Gasteiger partial charge in [0.2, 0.25) is 0 Å². The zero-order valence-electron chi connectivity index (χ0n) is 31.0. The van der Waals surface area contributed by atoms with Crippen molar-refractivity contribution in [2.45, 2.75) is 96.3 Å². The number of alkyl halides is 2. The number of pyridine rings is 1. The Morgan fingerprint density at radius 3 is 2.27 bits per heavy atom. The van der Waals surface area contributed by atoms with Gasteiger partial charge in [-0.3, -0.25) is 0 Å². The normalized spacial score (nSPS) is 21.4. The first-order valence-electron chi connectivity index (χ1n) is 18.4. The number of benzene rings is 2. The second kappa shape index (κ2) is 13.2. The van der Waals surface area contributed by atoms with Gasteiger partial charge in [-0.15, -0.1) is 5.54 Å². The highest BCUT2D eigenvalue weighted by molar-refractivity contribution is 6.90. The summed E-state index contributed by atoms with van der Waals surface area (Å²) >= 11 is 0. The molecular formula is C40H47F4N5O2Si. The molecule has 2 saturated heterocycles. The quantitative estimate of drug-likeness (QED) is 0.0991. The van der Waals surface area contributed by atoms with Crippen LogP contribution in [0.4, 0.5) is 23.4 Å². The van der Waals surface area contributed by atoms with Crippen LogP contribution in [0.15, 0.2) is 30.5 Å². The highest BCUT2D eigenvalue weighted by atomic mass is 28.3. The van der Waals surface area contributed by atoms with Gasteiger partial charge >= 0.3 is 6.01 Å². The number of ether oxygens (including phenoxy) is 1. The van der Waals surface area contributed by atoms with Crippen molar-refractivity contribution < 1.29 is 27.4 Å². The van der Waals surface area contributed by atoms with Crippen LogP contribution in [-0.4, -0.2) is 77.8 Å². The summed E-state index contributed by atoms with van der Waals surface area (Å²) in [5.74, 6) is -0.694. The largest absolute Gasteiger partial charge is 0.508 e. The summed E-state index contributed by atoms with van der Waals surface area (Å²) in [5.41, 5.74) is 3.23. The monoisotopic (exact) mass is 733 g/mol. The van der Waals surface area contributed by atoms with Gasteiger partial charge < -0.3 is 19.6 Å². The van der Waals surface area contributed by atoms with Crippen LogP contribution < -0.4 is 9.64 Å². The minimum atomic E-state index is -2.86. The van der Waals surface area contributed by atoms with Gasteiger partial charge in [-0.1, -0.05) is 53.5 Å². The fourth-order valence-electron chi connectivity index (χ4n) is 8.58. The lowest BCUT2D eigenvalue weighted by Gasteiger charge is -2.40. The lowest BCUT2D eigenvalue weighted by Crippen LogP contribution is -2.46. The first kappa shape index (κ1) is 36.4. The van der Waals surface area contributed by atoms with Gasteiger partial charge in [-0.05, 0) is 73.1 Å². The number of anilines is 1. The maximum absolute atomic E-state index is 17.1. The lowest BCUT2D eigenvalue weighted by atomic mass is 9.95. The van der Waals surface area contributed by atoms with E-state index in [1.165, 1.54) is 24.4 Å². The number of nitrogens with zero attached hydrogens (tertiary/aromatic N) is 5. The Balaban J connectivity index is 1.39. The van der Waals surface area contributed by atoms with Crippen LogP contribution in [0.25, 0.3) is 32.9 Å². The molecule has 0 amide bonds. The lowest BCUT2D eigenvalue weighted by molar-refractivity contribution is 0.0110. The van der Waals surface area contributed by atoms with Gasteiger partial charge in [0.15, 0.2) is 5.82 Å². The average molecular weight is 734 g/mol. The molecule has 276 valence electrons. The molecule has 4 aromatic rings. The van der Waals surface area contributed by atoms with Crippen molar-refractivity contribution in [2.75, 3.05) is 37.7 Å². The molecule has 2 aromatic carbocycles. The molecule has 7 nitrogen and oxygen atoms in total. The topological polar surface area (TPSA) is 74.6 Å². The number of likely N-dealkylation sites (tertiary alicyclic amines) is 1. The minimum absolute atomic E-state index is 0.101. The molecule has 4 heterocycles. The predicted molar refractivity (Wildman–Crippen MR) is 200 cm³/mol. The molecule has 3 aliphatic rings. The van der Waals surface area contributed by atoms with Crippen molar-refractivity contribution in [2.24, 2.45) is 5.41 Å². The molecule has 1 aliphatic carbocycles. The number of rotatable bonds is 10. The van der Waals surface area contributed by atoms with Crippen molar-refractivity contribution in [3.8, 4) is 34.5 Å². The summed E-state index contributed by atoms with van der Waals surface area (Å²) in [7, 11) is -2.30. The highest BCUT2D eigenvalue weighted by Crippen LogP contribution is 2.61. The number of halogens is 4. The van der Waals surface area contributed by atoms with Crippen LogP contribution in [0.3, 0.4) is 0 Å². The van der Waals surface area contributed by atoms with Gasteiger partial charge in [-0.2, -0.15) is 4.98 Å². The molecule has 12 heteroatoms. The summed E-state index contributed by atoms with van der Waals surface area (Å²) in [4.78, 5) is 17.6. The molecule has 2 atom stereocenters. The van der Waals surface area contributed by atoms with Crippen LogP contribution in [-0.2, 0) is 0 Å². The number of phenols is 1. The Morgan fingerprint density at radius 1 is 1.02 bits per heavy atom. The van der Waals surface area contributed by atoms with E-state index in [9.17, 15) is 13.9 Å². The molecule has 1 saturated carbocycles. The summed E-state index contributed by atoms with van der Waals surface area (Å²) < 4.78 is 68.2. The number of aromatic hydroxyl groups is 1. The van der Waals surface area contributed by atoms with Gasteiger partial charge in [-0.25, -0.2) is 27.5 Å². The van der Waals surface area contributed by atoms with Crippen LogP contribution >= 0.6 is 0 Å². The molecule has 2 aromatic heterocycles. The Bertz CT molecular complexity index is 2090. The molecule has 2 aliphatic heterocycles. The smallest absolute Gasteiger partial charge is 0.317 e. The maximum atomic E-state index is 17.1. The second-order valence-electron chi connectivity index (χ2n) is 16.1. The third-order valence-corrected chi connectivity index (χ3v) is 18.3. The molecule has 7 rings (SSSR count).